The van der Waals surface area contributed by atoms with Gasteiger partial charge in [-0.15, -0.1) is 11.3 Å². The number of aromatic nitrogens is 2. The number of benzene rings is 2. The number of carbonyl (C=O) groups excluding carboxylic acids is 2. The van der Waals surface area contributed by atoms with Crippen molar-refractivity contribution < 1.29 is 9.59 Å². The number of thiazole rings is 1. The van der Waals surface area contributed by atoms with E-state index in [1.165, 1.54) is 18.3 Å². The SMILES string of the molecule is CC(=O)c1csc(NC(=O)c2cc(-c3ccccc3)nc3ccccc23)n1. The number of nitrogens with zero attached hydrogens (tertiary/aromatic N) is 2. The number of rotatable bonds is 4. The third-order valence-corrected chi connectivity index (χ3v) is 4.87. The third kappa shape index (κ3) is 3.47. The largest absolute Gasteiger partial charge is 0.298 e. The summed E-state index contributed by atoms with van der Waals surface area (Å²) in [6, 6.07) is 19.0. The first-order valence-electron chi connectivity index (χ1n) is 8.35. The fourth-order valence-electron chi connectivity index (χ4n) is 2.78. The highest BCUT2D eigenvalue weighted by atomic mass is 32.1. The van der Waals surface area contributed by atoms with Gasteiger partial charge in [0.2, 0.25) is 0 Å². The lowest BCUT2D eigenvalue weighted by Gasteiger charge is -2.09. The summed E-state index contributed by atoms with van der Waals surface area (Å²) in [5.41, 5.74) is 3.26. The van der Waals surface area contributed by atoms with Gasteiger partial charge < -0.3 is 0 Å². The molecule has 0 spiro atoms. The molecule has 0 bridgehead atoms. The van der Waals surface area contributed by atoms with Gasteiger partial charge in [0, 0.05) is 23.3 Å². The van der Waals surface area contributed by atoms with Crippen molar-refractivity contribution in [3.63, 3.8) is 0 Å². The van der Waals surface area contributed by atoms with E-state index in [-0.39, 0.29) is 11.7 Å². The topological polar surface area (TPSA) is 72.0 Å². The summed E-state index contributed by atoms with van der Waals surface area (Å²) in [6.07, 6.45) is 0. The minimum Gasteiger partial charge on any atom is -0.298 e. The van der Waals surface area contributed by atoms with Crippen LogP contribution < -0.4 is 5.32 Å². The zero-order valence-electron chi connectivity index (χ0n) is 14.5. The van der Waals surface area contributed by atoms with Gasteiger partial charge in [-0.05, 0) is 12.1 Å². The summed E-state index contributed by atoms with van der Waals surface area (Å²) in [4.78, 5) is 33.2. The van der Waals surface area contributed by atoms with Crippen molar-refractivity contribution in [3.8, 4) is 11.3 Å². The van der Waals surface area contributed by atoms with Crippen LogP contribution in [0.15, 0.2) is 66.0 Å². The van der Waals surface area contributed by atoms with E-state index in [9.17, 15) is 9.59 Å². The molecule has 4 aromatic rings. The number of hydrogen-bond donors (Lipinski definition) is 1. The molecular formula is C21H15N3O2S. The number of ketones is 1. The molecule has 0 saturated carbocycles. The maximum atomic E-state index is 12.9. The first kappa shape index (κ1) is 17.1. The van der Waals surface area contributed by atoms with E-state index in [2.05, 4.69) is 15.3 Å². The van der Waals surface area contributed by atoms with Crippen LogP contribution in [0.1, 0.15) is 27.8 Å². The smallest absolute Gasteiger partial charge is 0.258 e. The quantitative estimate of drug-likeness (QED) is 0.521. The van der Waals surface area contributed by atoms with Crippen LogP contribution >= 0.6 is 11.3 Å². The zero-order chi connectivity index (χ0) is 18.8. The lowest BCUT2D eigenvalue weighted by molar-refractivity contribution is 0.100. The van der Waals surface area contributed by atoms with Crippen LogP contribution in [-0.4, -0.2) is 21.7 Å². The first-order chi connectivity index (χ1) is 13.1. The van der Waals surface area contributed by atoms with Gasteiger partial charge in [-0.2, -0.15) is 0 Å². The minimum absolute atomic E-state index is 0.132. The number of nitrogens with one attached hydrogen (secondary N) is 1. The second-order valence-electron chi connectivity index (χ2n) is 5.99. The first-order valence-corrected chi connectivity index (χ1v) is 9.23. The molecule has 0 saturated heterocycles. The normalized spacial score (nSPS) is 10.7. The molecular weight excluding hydrogens is 358 g/mol. The fourth-order valence-corrected chi connectivity index (χ4v) is 3.52. The van der Waals surface area contributed by atoms with E-state index in [1.54, 1.807) is 11.4 Å². The molecule has 0 atom stereocenters. The number of pyridine rings is 1. The number of hydrogen-bond acceptors (Lipinski definition) is 5. The molecule has 0 fully saturated rings. The molecule has 2 aromatic carbocycles. The minimum atomic E-state index is -0.282. The van der Waals surface area contributed by atoms with Crippen molar-refractivity contribution in [1.29, 1.82) is 0 Å². The number of amides is 1. The average Bonchev–Trinajstić information content (AvgIpc) is 3.16. The van der Waals surface area contributed by atoms with Gasteiger partial charge in [-0.3, -0.25) is 14.9 Å². The second-order valence-corrected chi connectivity index (χ2v) is 6.84. The molecule has 2 aromatic heterocycles. The Labute approximate surface area is 159 Å². The maximum absolute atomic E-state index is 12.9. The summed E-state index contributed by atoms with van der Waals surface area (Å²) in [6.45, 7) is 1.45. The summed E-state index contributed by atoms with van der Waals surface area (Å²) in [5, 5.41) is 5.59. The predicted octanol–water partition coefficient (Wildman–Crippen LogP) is 4.81. The molecule has 27 heavy (non-hydrogen) atoms. The van der Waals surface area contributed by atoms with Crippen molar-refractivity contribution in [1.82, 2.24) is 9.97 Å². The lowest BCUT2D eigenvalue weighted by atomic mass is 10.0. The maximum Gasteiger partial charge on any atom is 0.258 e. The Kier molecular flexibility index (Phi) is 4.48. The van der Waals surface area contributed by atoms with Gasteiger partial charge in [0.1, 0.15) is 5.69 Å². The third-order valence-electron chi connectivity index (χ3n) is 4.12. The van der Waals surface area contributed by atoms with Crippen LogP contribution in [0.25, 0.3) is 22.2 Å². The van der Waals surface area contributed by atoms with Crippen LogP contribution in [0, 0.1) is 0 Å². The van der Waals surface area contributed by atoms with E-state index >= 15 is 0 Å². The van der Waals surface area contributed by atoms with E-state index in [0.717, 1.165) is 22.2 Å². The van der Waals surface area contributed by atoms with Crippen LogP contribution in [-0.2, 0) is 0 Å². The van der Waals surface area contributed by atoms with Gasteiger partial charge in [0.05, 0.1) is 16.8 Å². The summed E-state index contributed by atoms with van der Waals surface area (Å²) in [5.74, 6) is -0.414. The Balaban J connectivity index is 1.77. The van der Waals surface area contributed by atoms with Crippen LogP contribution in [0.2, 0.25) is 0 Å². The standard InChI is InChI=1S/C21H15N3O2S/c1-13(25)19-12-27-21(23-19)24-20(26)16-11-18(14-7-3-2-4-8-14)22-17-10-6-5-9-15(16)17/h2-12H,1H3,(H,23,24,26). The van der Waals surface area contributed by atoms with Crippen LogP contribution in [0.5, 0.6) is 0 Å². The van der Waals surface area contributed by atoms with Gasteiger partial charge in [-0.1, -0.05) is 48.5 Å². The van der Waals surface area contributed by atoms with Gasteiger partial charge >= 0.3 is 0 Å². The molecule has 0 radical (unpaired) electrons. The van der Waals surface area contributed by atoms with E-state index in [4.69, 9.17) is 0 Å². The van der Waals surface area contributed by atoms with Crippen LogP contribution in [0.3, 0.4) is 0 Å². The molecule has 1 N–H and O–H groups in total. The van der Waals surface area contributed by atoms with E-state index in [0.29, 0.717) is 16.4 Å². The molecule has 0 aliphatic heterocycles. The molecule has 0 aliphatic rings. The van der Waals surface area contributed by atoms with Crippen LogP contribution in [0.4, 0.5) is 5.13 Å². The van der Waals surface area contributed by atoms with Crippen molar-refractivity contribution in [2.24, 2.45) is 0 Å². The highest BCUT2D eigenvalue weighted by Gasteiger charge is 2.16. The van der Waals surface area contributed by atoms with Crippen molar-refractivity contribution in [2.45, 2.75) is 6.92 Å². The monoisotopic (exact) mass is 373 g/mol. The van der Waals surface area contributed by atoms with E-state index < -0.39 is 0 Å². The number of carbonyl (C=O) groups is 2. The molecule has 0 unspecified atom stereocenters. The number of fused-ring (bicyclic) bond motifs is 1. The summed E-state index contributed by atoms with van der Waals surface area (Å²) < 4.78 is 0. The highest BCUT2D eigenvalue weighted by Crippen LogP contribution is 2.26. The molecule has 0 aliphatic carbocycles. The molecule has 6 heteroatoms. The Morgan fingerprint density at radius 3 is 2.44 bits per heavy atom. The molecule has 2 heterocycles. The zero-order valence-corrected chi connectivity index (χ0v) is 15.3. The fraction of sp³-hybridized carbons (Fsp3) is 0.0476. The second kappa shape index (κ2) is 7.09. The lowest BCUT2D eigenvalue weighted by Crippen LogP contribution is -2.13. The molecule has 5 nitrogen and oxygen atoms in total. The Morgan fingerprint density at radius 2 is 1.70 bits per heavy atom. The van der Waals surface area contributed by atoms with Crippen molar-refractivity contribution in [3.05, 3.63) is 77.3 Å². The number of anilines is 1. The number of Topliss-reactive ketones (excluding diaryl/α,β-unsaturated/α-hetero) is 1. The van der Waals surface area contributed by atoms with Crippen molar-refractivity contribution >= 4 is 39.1 Å². The summed E-state index contributed by atoms with van der Waals surface area (Å²) >= 11 is 1.23. The average molecular weight is 373 g/mol. The van der Waals surface area contributed by atoms with Crippen molar-refractivity contribution in [2.75, 3.05) is 5.32 Å². The highest BCUT2D eigenvalue weighted by molar-refractivity contribution is 7.14. The van der Waals surface area contributed by atoms with Gasteiger partial charge in [0.15, 0.2) is 10.9 Å². The number of para-hydroxylation sites is 1. The molecule has 1 amide bonds. The molecule has 4 rings (SSSR count). The van der Waals surface area contributed by atoms with E-state index in [1.807, 2.05) is 54.6 Å². The van der Waals surface area contributed by atoms with Gasteiger partial charge in [0.25, 0.3) is 5.91 Å². The predicted molar refractivity (Wildman–Crippen MR) is 107 cm³/mol. The van der Waals surface area contributed by atoms with Gasteiger partial charge in [-0.25, -0.2) is 9.97 Å². The molecule has 132 valence electrons. The Bertz CT molecular complexity index is 1150. The summed E-state index contributed by atoms with van der Waals surface area (Å²) in [7, 11) is 0. The Hall–Kier alpha value is -3.38. The Morgan fingerprint density at radius 1 is 0.963 bits per heavy atom.